The summed E-state index contributed by atoms with van der Waals surface area (Å²) in [6.45, 7) is 0. The van der Waals surface area contributed by atoms with E-state index < -0.39 is 5.78 Å². The van der Waals surface area contributed by atoms with Gasteiger partial charge in [0.2, 0.25) is 5.78 Å². The van der Waals surface area contributed by atoms with E-state index in [2.05, 4.69) is 15.3 Å². The van der Waals surface area contributed by atoms with Crippen molar-refractivity contribution < 1.29 is 4.79 Å². The number of carbonyl (C=O) groups excluding carboxylic acids is 1. The van der Waals surface area contributed by atoms with Crippen molar-refractivity contribution in [1.82, 2.24) is 4.98 Å². The van der Waals surface area contributed by atoms with Crippen molar-refractivity contribution in [3.8, 4) is 0 Å². The molecule has 0 amide bonds. The van der Waals surface area contributed by atoms with Crippen LogP contribution in [0.1, 0.15) is 20.8 Å². The highest BCUT2D eigenvalue weighted by molar-refractivity contribution is 7.18. The molecule has 27 heavy (non-hydrogen) atoms. The minimum Gasteiger partial charge on any atom is -0.398 e. The van der Waals surface area contributed by atoms with Gasteiger partial charge >= 0.3 is 0 Å². The number of nitrogen functional groups attached to an aromatic ring is 2. The number of thiazole rings is 1. The second-order valence-electron chi connectivity index (χ2n) is 5.73. The number of hydrogen-bond donors (Lipinski definition) is 3. The third-order valence-electron chi connectivity index (χ3n) is 3.95. The Kier molecular flexibility index (Phi) is 4.51. The van der Waals surface area contributed by atoms with Crippen LogP contribution >= 0.6 is 34.5 Å². The summed E-state index contributed by atoms with van der Waals surface area (Å²) in [4.78, 5) is 21.6. The molecular weight excluding hydrogens is 405 g/mol. The molecule has 135 valence electrons. The molecule has 0 fully saturated rings. The standard InChI is InChI=1S/C18H12Cl2N5OS/c19-10-2-3-11(21)14(20)13(10)15(26)16-17(22)25-18(27-16)24-9-1-4-12-8(7-9)5-6-23-12/h1-7H,21-22H2,(H,24,25). The van der Waals surface area contributed by atoms with Crippen LogP contribution in [-0.2, 0) is 0 Å². The minimum absolute atomic E-state index is 0.0955. The van der Waals surface area contributed by atoms with Crippen molar-refractivity contribution in [2.24, 2.45) is 4.99 Å². The van der Waals surface area contributed by atoms with Crippen molar-refractivity contribution >= 4 is 74.5 Å². The third kappa shape index (κ3) is 3.25. The first kappa shape index (κ1) is 17.8. The molecule has 0 saturated heterocycles. The van der Waals surface area contributed by atoms with Crippen LogP contribution in [0.5, 0.6) is 0 Å². The van der Waals surface area contributed by atoms with E-state index in [0.29, 0.717) is 5.13 Å². The zero-order valence-electron chi connectivity index (χ0n) is 13.7. The Bertz CT molecular complexity index is 1110. The van der Waals surface area contributed by atoms with Crippen molar-refractivity contribution in [2.75, 3.05) is 16.8 Å². The Morgan fingerprint density at radius 3 is 2.78 bits per heavy atom. The second kappa shape index (κ2) is 6.84. The molecule has 0 atom stereocenters. The van der Waals surface area contributed by atoms with Crippen LogP contribution in [0.3, 0.4) is 0 Å². The number of aliphatic imine (C=N–C) groups is 1. The second-order valence-corrected chi connectivity index (χ2v) is 7.52. The predicted molar refractivity (Wildman–Crippen MR) is 112 cm³/mol. The molecule has 0 saturated carbocycles. The lowest BCUT2D eigenvalue weighted by molar-refractivity contribution is 0.104. The maximum atomic E-state index is 12.9. The van der Waals surface area contributed by atoms with Crippen LogP contribution in [0.2, 0.25) is 10.0 Å². The maximum absolute atomic E-state index is 12.9. The number of ketones is 1. The van der Waals surface area contributed by atoms with E-state index >= 15 is 0 Å². The molecule has 2 aromatic carbocycles. The van der Waals surface area contributed by atoms with Crippen LogP contribution in [0, 0.1) is 6.42 Å². The lowest BCUT2D eigenvalue weighted by Crippen LogP contribution is -2.05. The summed E-state index contributed by atoms with van der Waals surface area (Å²) in [5, 5.41) is 3.93. The van der Waals surface area contributed by atoms with E-state index in [1.54, 1.807) is 12.3 Å². The Morgan fingerprint density at radius 2 is 1.96 bits per heavy atom. The van der Waals surface area contributed by atoms with Crippen molar-refractivity contribution in [2.45, 2.75) is 0 Å². The summed E-state index contributed by atoms with van der Waals surface area (Å²) >= 11 is 13.4. The number of nitrogens with two attached hydrogens (primary N) is 2. The minimum atomic E-state index is -0.420. The number of rotatable bonds is 4. The van der Waals surface area contributed by atoms with E-state index in [0.717, 1.165) is 28.3 Å². The maximum Gasteiger partial charge on any atom is 0.209 e. The van der Waals surface area contributed by atoms with E-state index in [9.17, 15) is 4.79 Å². The molecule has 5 N–H and O–H groups in total. The number of halogens is 2. The van der Waals surface area contributed by atoms with Gasteiger partial charge in [0.15, 0.2) is 5.13 Å². The molecule has 0 unspecified atom stereocenters. The molecule has 0 aliphatic carbocycles. The van der Waals surface area contributed by atoms with Crippen LogP contribution < -0.4 is 16.8 Å². The number of benzene rings is 2. The van der Waals surface area contributed by atoms with Crippen LogP contribution in [0.15, 0.2) is 35.3 Å². The molecule has 3 aromatic rings. The monoisotopic (exact) mass is 416 g/mol. The normalized spacial score (nSPS) is 12.2. The number of hydrogen-bond acceptors (Lipinski definition) is 7. The molecule has 0 spiro atoms. The summed E-state index contributed by atoms with van der Waals surface area (Å²) in [5.74, 6) is -0.325. The molecular formula is C18H12Cl2N5OS. The van der Waals surface area contributed by atoms with Gasteiger partial charge in [0.25, 0.3) is 0 Å². The topological polar surface area (TPSA) is 106 Å². The van der Waals surface area contributed by atoms with Gasteiger partial charge in [0.05, 0.1) is 27.0 Å². The van der Waals surface area contributed by atoms with Gasteiger partial charge in [-0.3, -0.25) is 9.79 Å². The number of carbonyl (C=O) groups is 1. The van der Waals surface area contributed by atoms with Gasteiger partial charge < -0.3 is 16.8 Å². The van der Waals surface area contributed by atoms with E-state index in [4.69, 9.17) is 34.7 Å². The summed E-state index contributed by atoms with van der Waals surface area (Å²) in [5.41, 5.74) is 14.8. The van der Waals surface area contributed by atoms with Crippen molar-refractivity contribution in [3.63, 3.8) is 0 Å². The molecule has 6 nitrogen and oxygen atoms in total. The average Bonchev–Trinajstić information content (AvgIpc) is 3.24. The van der Waals surface area contributed by atoms with Crippen LogP contribution in [-0.4, -0.2) is 17.0 Å². The van der Waals surface area contributed by atoms with Gasteiger partial charge in [0, 0.05) is 18.3 Å². The smallest absolute Gasteiger partial charge is 0.209 e. The average molecular weight is 417 g/mol. The molecule has 1 radical (unpaired) electrons. The van der Waals surface area contributed by atoms with Gasteiger partial charge in [-0.2, -0.15) is 0 Å². The molecule has 1 aromatic heterocycles. The molecule has 0 bridgehead atoms. The van der Waals surface area contributed by atoms with E-state index in [-0.39, 0.29) is 32.0 Å². The number of nitrogens with one attached hydrogen (secondary N) is 1. The van der Waals surface area contributed by atoms with Crippen molar-refractivity contribution in [1.29, 1.82) is 0 Å². The molecule has 2 heterocycles. The third-order valence-corrected chi connectivity index (χ3v) is 5.66. The number of nitrogens with zero attached hydrogens (tertiary/aromatic N) is 2. The Balaban J connectivity index is 1.64. The predicted octanol–water partition coefficient (Wildman–Crippen LogP) is 4.86. The van der Waals surface area contributed by atoms with Gasteiger partial charge in [-0.05, 0) is 35.9 Å². The fourth-order valence-corrected chi connectivity index (χ4v) is 4.04. The van der Waals surface area contributed by atoms with Gasteiger partial charge in [-0.25, -0.2) is 4.98 Å². The first-order valence-corrected chi connectivity index (χ1v) is 9.34. The number of anilines is 4. The Labute approximate surface area is 168 Å². The number of fused-ring (bicyclic) bond motifs is 1. The van der Waals surface area contributed by atoms with Crippen molar-refractivity contribution in [3.05, 3.63) is 62.8 Å². The highest BCUT2D eigenvalue weighted by atomic mass is 35.5. The largest absolute Gasteiger partial charge is 0.398 e. The lowest BCUT2D eigenvalue weighted by Gasteiger charge is -2.07. The Morgan fingerprint density at radius 1 is 1.15 bits per heavy atom. The number of aromatic nitrogens is 1. The highest BCUT2D eigenvalue weighted by Gasteiger charge is 2.24. The molecule has 4 rings (SSSR count). The van der Waals surface area contributed by atoms with E-state index in [1.807, 2.05) is 24.6 Å². The van der Waals surface area contributed by atoms with E-state index in [1.165, 1.54) is 6.07 Å². The summed E-state index contributed by atoms with van der Waals surface area (Å²) in [6.07, 6.45) is 3.65. The van der Waals surface area contributed by atoms with Crippen LogP contribution in [0.25, 0.3) is 0 Å². The molecule has 1 aliphatic heterocycles. The zero-order chi connectivity index (χ0) is 19.1. The zero-order valence-corrected chi connectivity index (χ0v) is 16.0. The summed E-state index contributed by atoms with van der Waals surface area (Å²) in [7, 11) is 0. The first-order valence-electron chi connectivity index (χ1n) is 7.77. The quantitative estimate of drug-likeness (QED) is 0.415. The SMILES string of the molecule is Nc1ccc(Cl)c(C(=O)c2sc(Nc3ccc4c(c3)[CH]C=N4)nc2N)c1Cl. The molecule has 9 heteroatoms. The molecule has 1 aliphatic rings. The van der Waals surface area contributed by atoms with Gasteiger partial charge in [0.1, 0.15) is 10.7 Å². The summed E-state index contributed by atoms with van der Waals surface area (Å²) < 4.78 is 0. The lowest BCUT2D eigenvalue weighted by atomic mass is 10.1. The summed E-state index contributed by atoms with van der Waals surface area (Å²) in [6, 6.07) is 8.77. The Hall–Kier alpha value is -2.61. The fourth-order valence-electron chi connectivity index (χ4n) is 2.64. The van der Waals surface area contributed by atoms with Gasteiger partial charge in [-0.1, -0.05) is 34.5 Å². The fraction of sp³-hybridized carbons (Fsp3) is 0. The highest BCUT2D eigenvalue weighted by Crippen LogP contribution is 2.36. The van der Waals surface area contributed by atoms with Gasteiger partial charge in [-0.15, -0.1) is 0 Å². The van der Waals surface area contributed by atoms with Crippen LogP contribution in [0.4, 0.5) is 28.0 Å². The first-order chi connectivity index (χ1) is 12.9.